The highest BCUT2D eigenvalue weighted by Crippen LogP contribution is 2.41. The van der Waals surface area contributed by atoms with Crippen molar-refractivity contribution >= 4 is 54.2 Å². The molecule has 13 heteroatoms. The number of hydrogen-bond acceptors (Lipinski definition) is 7. The maximum absolute atomic E-state index is 13.0. The number of halogens is 1. The number of ether oxygens (including phenoxy) is 1. The smallest absolute Gasteiger partial charge is 0.409 e. The van der Waals surface area contributed by atoms with E-state index in [2.05, 4.69) is 54.8 Å². The van der Waals surface area contributed by atoms with Crippen molar-refractivity contribution in [2.45, 2.75) is 70.8 Å². The van der Waals surface area contributed by atoms with Gasteiger partial charge in [0.1, 0.15) is 11.5 Å². The summed E-state index contributed by atoms with van der Waals surface area (Å²) in [4.78, 5) is 39.4. The lowest BCUT2D eigenvalue weighted by Gasteiger charge is -2.39. The van der Waals surface area contributed by atoms with Gasteiger partial charge in [-0.15, -0.1) is 0 Å². The van der Waals surface area contributed by atoms with E-state index in [1.807, 2.05) is 48.5 Å². The molecule has 0 unspecified atom stereocenters. The fourth-order valence-electron chi connectivity index (χ4n) is 6.14. The Bertz CT molecular complexity index is 2220. The number of H-pyrrole nitrogens is 1. The fraction of sp³-hybridized carbons (Fsp3) is 0.310. The number of phenolic OH excluding ortho intramolecular Hbond substituents is 1. The minimum atomic E-state index is -2.28. The second-order valence-corrected chi connectivity index (χ2v) is 20.2. The van der Waals surface area contributed by atoms with Crippen molar-refractivity contribution in [1.82, 2.24) is 10.3 Å². The van der Waals surface area contributed by atoms with E-state index in [1.165, 1.54) is 6.07 Å². The molecular weight excluding hydrogens is 736 g/mol. The van der Waals surface area contributed by atoms with E-state index in [9.17, 15) is 24.6 Å². The molecule has 1 heterocycles. The topological polar surface area (TPSA) is 162 Å². The number of methoxy groups -OCH3 is 1. The average molecular weight is 785 g/mol. The predicted molar refractivity (Wildman–Crippen MR) is 222 cm³/mol. The molecule has 6 N–H and O–H groups in total. The van der Waals surface area contributed by atoms with Gasteiger partial charge in [-0.1, -0.05) is 80.9 Å². The second kappa shape index (κ2) is 17.5. The Hall–Kier alpha value is -5.14. The number of aromatic amines is 1. The van der Waals surface area contributed by atoms with Crippen LogP contribution in [0.3, 0.4) is 0 Å². The Morgan fingerprint density at radius 1 is 0.945 bits per heavy atom. The summed E-state index contributed by atoms with van der Waals surface area (Å²) < 4.78 is 12.6. The van der Waals surface area contributed by atoms with Crippen molar-refractivity contribution in [3.8, 4) is 22.6 Å². The van der Waals surface area contributed by atoms with Gasteiger partial charge in [0.05, 0.1) is 35.1 Å². The molecule has 1 atom stereocenters. The molecule has 4 aromatic carbocycles. The number of carbonyl (C=O) groups excluding carboxylic acids is 1. The fourth-order valence-corrected chi connectivity index (χ4v) is 7.65. The van der Waals surface area contributed by atoms with E-state index in [-0.39, 0.29) is 28.7 Å². The zero-order valence-corrected chi connectivity index (χ0v) is 33.8. The second-order valence-electron chi connectivity index (χ2n) is 15.0. The number of phenols is 1. The zero-order valence-electron chi connectivity index (χ0n) is 32.0. The number of carboxylic acid groups (broad SMARTS) is 1. The maximum Gasteiger partial charge on any atom is 0.409 e. The zero-order chi connectivity index (χ0) is 39.9. The van der Waals surface area contributed by atoms with Gasteiger partial charge in [0.25, 0.3) is 0 Å². The number of amides is 2. The molecule has 0 spiro atoms. The van der Waals surface area contributed by atoms with Crippen LogP contribution in [0.2, 0.25) is 23.2 Å². The molecule has 5 rings (SSSR count). The maximum atomic E-state index is 13.0. The lowest BCUT2D eigenvalue weighted by molar-refractivity contribution is -0.116. The van der Waals surface area contributed by atoms with E-state index in [0.29, 0.717) is 59.0 Å². The van der Waals surface area contributed by atoms with E-state index < -0.39 is 20.5 Å². The van der Waals surface area contributed by atoms with Gasteiger partial charge >= 0.3 is 6.09 Å². The molecule has 0 radical (unpaired) electrons. The average Bonchev–Trinajstić information content (AvgIpc) is 3.12. The number of fused-ring (bicyclic) bond motifs is 1. The molecular formula is C42H49ClN4O7Si. The number of aryl methyl sites for hydroxylation is 1. The number of carbonyl (C=O) groups is 2. The summed E-state index contributed by atoms with van der Waals surface area (Å²) in [7, 11) is -0.722. The number of anilines is 2. The minimum Gasteiger partial charge on any atom is -0.506 e. The van der Waals surface area contributed by atoms with Gasteiger partial charge in [-0.3, -0.25) is 14.9 Å². The Labute approximate surface area is 327 Å². The molecule has 0 aliphatic rings. The third-order valence-corrected chi connectivity index (χ3v) is 14.9. The Morgan fingerprint density at radius 3 is 2.38 bits per heavy atom. The van der Waals surface area contributed by atoms with Gasteiger partial charge < -0.3 is 35.0 Å². The number of pyridine rings is 1. The van der Waals surface area contributed by atoms with Crippen molar-refractivity contribution in [3.63, 3.8) is 0 Å². The molecule has 1 aromatic heterocycles. The number of aromatic hydroxyl groups is 1. The van der Waals surface area contributed by atoms with Crippen LogP contribution in [0, 0.1) is 0 Å². The first-order chi connectivity index (χ1) is 26.1. The highest BCUT2D eigenvalue weighted by molar-refractivity contribution is 6.74. The number of rotatable bonds is 15. The van der Waals surface area contributed by atoms with Crippen molar-refractivity contribution in [2.75, 3.05) is 24.3 Å². The summed E-state index contributed by atoms with van der Waals surface area (Å²) in [6.07, 6.45) is -0.234. The van der Waals surface area contributed by atoms with Gasteiger partial charge in [-0.2, -0.15) is 0 Å². The highest BCUT2D eigenvalue weighted by Gasteiger charge is 2.39. The van der Waals surface area contributed by atoms with Gasteiger partial charge in [0.15, 0.2) is 8.32 Å². The first-order valence-electron chi connectivity index (χ1n) is 18.1. The quantitative estimate of drug-likeness (QED) is 0.0572. The predicted octanol–water partition coefficient (Wildman–Crippen LogP) is 9.47. The van der Waals surface area contributed by atoms with Gasteiger partial charge in [-0.05, 0) is 71.9 Å². The van der Waals surface area contributed by atoms with Gasteiger partial charge in [-0.25, -0.2) is 4.79 Å². The summed E-state index contributed by atoms with van der Waals surface area (Å²) >= 11 is 6.70. The SMILES string of the molecule is COc1cc(NC(=O)CCCc2ccc(-c3ccccc3)c(NC(=O)O)c2)c(Cl)cc1CNC[C@H](O[Si](C)(C)C(C)(C)C)c1ccc(O)c2[nH]c(=O)ccc12. The van der Waals surface area contributed by atoms with Crippen LogP contribution in [0.25, 0.3) is 22.0 Å². The molecule has 0 saturated heterocycles. The van der Waals surface area contributed by atoms with Crippen molar-refractivity contribution in [3.05, 3.63) is 117 Å². The summed E-state index contributed by atoms with van der Waals surface area (Å²) in [6, 6.07) is 25.2. The largest absolute Gasteiger partial charge is 0.506 e. The van der Waals surface area contributed by atoms with Crippen LogP contribution in [0.4, 0.5) is 16.2 Å². The lowest BCUT2D eigenvalue weighted by atomic mass is 9.99. The summed E-state index contributed by atoms with van der Waals surface area (Å²) in [5, 5.41) is 29.8. The molecule has 5 aromatic rings. The molecule has 2 amide bonds. The highest BCUT2D eigenvalue weighted by atomic mass is 35.5. The van der Waals surface area contributed by atoms with Crippen molar-refractivity contribution in [1.29, 1.82) is 0 Å². The van der Waals surface area contributed by atoms with Crippen molar-refractivity contribution in [2.24, 2.45) is 0 Å². The first-order valence-corrected chi connectivity index (χ1v) is 21.4. The van der Waals surface area contributed by atoms with Gasteiger partial charge in [0, 0.05) is 48.2 Å². The number of aromatic nitrogens is 1. The molecule has 0 fully saturated rings. The lowest BCUT2D eigenvalue weighted by Crippen LogP contribution is -2.43. The third-order valence-electron chi connectivity index (χ3n) is 10.1. The molecule has 55 heavy (non-hydrogen) atoms. The van der Waals surface area contributed by atoms with E-state index in [0.717, 1.165) is 27.8 Å². The molecule has 11 nitrogen and oxygen atoms in total. The van der Waals surface area contributed by atoms with Crippen LogP contribution in [-0.2, 0) is 22.2 Å². The number of benzene rings is 4. The molecule has 0 aliphatic heterocycles. The van der Waals surface area contributed by atoms with Crippen LogP contribution in [0.15, 0.2) is 89.7 Å². The van der Waals surface area contributed by atoms with Crippen LogP contribution in [-0.4, -0.2) is 49.2 Å². The third kappa shape index (κ3) is 10.3. The summed E-state index contributed by atoms with van der Waals surface area (Å²) in [5.74, 6) is 0.311. The van der Waals surface area contributed by atoms with E-state index >= 15 is 0 Å². The molecule has 0 aliphatic carbocycles. The van der Waals surface area contributed by atoms with E-state index in [1.54, 1.807) is 37.4 Å². The standard InChI is InChI=1S/C42H49ClN4O7Si/c1-42(2,3)55(5,6)54-37(30-17-19-35(48)40-31(30)18-20-39(50)47-40)25-44-24-28-22-32(43)34(23-36(28)53-4)45-38(49)14-10-11-26-15-16-29(27-12-8-7-9-13-27)33(21-26)46-41(51)52/h7-9,12-13,15-23,37,44,46,48H,10-11,14,24-25H2,1-6H3,(H,45,49)(H,47,50)(H,51,52)/t37-/m0/s1. The monoisotopic (exact) mass is 784 g/mol. The first kappa shape index (κ1) is 41.0. The normalized spacial score (nSPS) is 12.3. The Kier molecular flexibility index (Phi) is 13.1. The van der Waals surface area contributed by atoms with Crippen LogP contribution >= 0.6 is 11.6 Å². The summed E-state index contributed by atoms with van der Waals surface area (Å²) in [5.41, 5.74) is 5.16. The minimum absolute atomic E-state index is 0.0139. The number of hydrogen-bond donors (Lipinski definition) is 6. The van der Waals surface area contributed by atoms with Crippen molar-refractivity contribution < 1.29 is 29.0 Å². The molecule has 0 bridgehead atoms. The molecule has 290 valence electrons. The molecule has 0 saturated carbocycles. The Morgan fingerprint density at radius 2 is 1.69 bits per heavy atom. The van der Waals surface area contributed by atoms with E-state index in [4.69, 9.17) is 20.8 Å². The summed E-state index contributed by atoms with van der Waals surface area (Å²) in [6.45, 7) is 11.7. The number of nitrogens with one attached hydrogen (secondary N) is 4. The van der Waals surface area contributed by atoms with Crippen LogP contribution in [0.1, 0.15) is 56.4 Å². The van der Waals surface area contributed by atoms with Crippen LogP contribution in [0.5, 0.6) is 11.5 Å². The van der Waals surface area contributed by atoms with Gasteiger partial charge in [0.2, 0.25) is 11.5 Å². The van der Waals surface area contributed by atoms with Crippen LogP contribution < -0.4 is 26.2 Å². The Balaban J connectivity index is 1.25.